The van der Waals surface area contributed by atoms with Gasteiger partial charge >= 0.3 is 0 Å². The fourth-order valence-electron chi connectivity index (χ4n) is 2.75. The normalized spacial score (nSPS) is 15.9. The largest absolute Gasteiger partial charge is 0.352 e. The van der Waals surface area contributed by atoms with Gasteiger partial charge in [-0.05, 0) is 56.5 Å². The zero-order valence-corrected chi connectivity index (χ0v) is 15.9. The van der Waals surface area contributed by atoms with Crippen LogP contribution in [0.5, 0.6) is 0 Å². The first kappa shape index (κ1) is 20.3. The van der Waals surface area contributed by atoms with Gasteiger partial charge in [0.2, 0.25) is 0 Å². The predicted molar refractivity (Wildman–Crippen MR) is 108 cm³/mol. The van der Waals surface area contributed by atoms with Crippen LogP contribution >= 0.6 is 0 Å². The molecule has 0 aromatic heterocycles. The van der Waals surface area contributed by atoms with Crippen molar-refractivity contribution in [3.63, 3.8) is 0 Å². The van der Waals surface area contributed by atoms with E-state index in [9.17, 15) is 14.0 Å². The van der Waals surface area contributed by atoms with Crippen molar-refractivity contribution in [2.45, 2.75) is 27.2 Å². The molecule has 0 atom stereocenters. The van der Waals surface area contributed by atoms with Crippen LogP contribution in [0.25, 0.3) is 5.57 Å². The van der Waals surface area contributed by atoms with E-state index in [-0.39, 0.29) is 11.7 Å². The second-order valence-corrected chi connectivity index (χ2v) is 6.43. The number of carbonyl (C=O) groups excluding carboxylic acids is 2. The van der Waals surface area contributed by atoms with Gasteiger partial charge < -0.3 is 5.32 Å². The predicted octanol–water partition coefficient (Wildman–Crippen LogP) is 5.09. The van der Waals surface area contributed by atoms with Crippen LogP contribution in [0, 0.1) is 0 Å². The van der Waals surface area contributed by atoms with Crippen molar-refractivity contribution in [3.05, 3.63) is 88.8 Å². The number of carbonyl (C=O) groups is 2. The summed E-state index contributed by atoms with van der Waals surface area (Å²) in [5.74, 6) is -0.605. The number of halogens is 1. The van der Waals surface area contributed by atoms with Gasteiger partial charge in [-0.3, -0.25) is 9.59 Å². The minimum atomic E-state index is -0.412. The first-order chi connectivity index (χ1) is 12.8. The highest BCUT2D eigenvalue weighted by Crippen LogP contribution is 2.23. The number of nitrogens with one attached hydrogen (secondary N) is 1. The summed E-state index contributed by atoms with van der Waals surface area (Å²) in [6, 6.07) is 7.05. The molecule has 2 rings (SSSR count). The van der Waals surface area contributed by atoms with Crippen LogP contribution in [0.4, 0.5) is 4.39 Å². The smallest absolute Gasteiger partial charge is 0.251 e. The number of rotatable bonds is 6. The number of hydrogen-bond acceptors (Lipinski definition) is 2. The van der Waals surface area contributed by atoms with E-state index < -0.39 is 5.83 Å². The number of hydrogen-bond donors (Lipinski definition) is 1. The van der Waals surface area contributed by atoms with Crippen LogP contribution in [-0.2, 0) is 4.79 Å². The summed E-state index contributed by atoms with van der Waals surface area (Å²) < 4.78 is 14.4. The third kappa shape index (κ3) is 5.23. The third-order valence-electron chi connectivity index (χ3n) is 4.42. The van der Waals surface area contributed by atoms with Crippen LogP contribution in [-0.4, -0.2) is 18.2 Å². The molecule has 1 N–H and O–H groups in total. The van der Waals surface area contributed by atoms with Crippen molar-refractivity contribution in [2.75, 3.05) is 6.54 Å². The van der Waals surface area contributed by atoms with Crippen molar-refractivity contribution in [3.8, 4) is 0 Å². The zero-order chi connectivity index (χ0) is 20.0. The summed E-state index contributed by atoms with van der Waals surface area (Å²) in [4.78, 5) is 23.6. The lowest BCUT2D eigenvalue weighted by molar-refractivity contribution is -0.117. The number of allylic oxidation sites excluding steroid dienone is 6. The number of benzene rings is 1. The lowest BCUT2D eigenvalue weighted by Gasteiger charge is -2.15. The zero-order valence-electron chi connectivity index (χ0n) is 15.9. The molecule has 0 spiro atoms. The Kier molecular flexibility index (Phi) is 6.83. The van der Waals surface area contributed by atoms with Crippen molar-refractivity contribution in [1.82, 2.24) is 5.32 Å². The van der Waals surface area contributed by atoms with E-state index in [4.69, 9.17) is 0 Å². The van der Waals surface area contributed by atoms with Gasteiger partial charge in [-0.1, -0.05) is 42.5 Å². The van der Waals surface area contributed by atoms with Gasteiger partial charge in [0.15, 0.2) is 5.78 Å². The molecule has 1 heterocycles. The maximum absolute atomic E-state index is 14.4. The van der Waals surface area contributed by atoms with E-state index >= 15 is 0 Å². The molecule has 1 aliphatic rings. The van der Waals surface area contributed by atoms with Gasteiger partial charge in [-0.25, -0.2) is 4.39 Å². The molecule has 27 heavy (non-hydrogen) atoms. The summed E-state index contributed by atoms with van der Waals surface area (Å²) in [6.07, 6.45) is 6.97. The minimum absolute atomic E-state index is 0.0425. The van der Waals surface area contributed by atoms with Gasteiger partial charge in [0.25, 0.3) is 5.91 Å². The van der Waals surface area contributed by atoms with Crippen LogP contribution in [0.15, 0.2) is 77.7 Å². The Morgan fingerprint density at radius 2 is 2.00 bits per heavy atom. The van der Waals surface area contributed by atoms with E-state index in [1.165, 1.54) is 13.0 Å². The molecule has 140 valence electrons. The van der Waals surface area contributed by atoms with E-state index in [1.54, 1.807) is 43.4 Å². The minimum Gasteiger partial charge on any atom is -0.352 e. The summed E-state index contributed by atoms with van der Waals surface area (Å²) >= 11 is 0. The summed E-state index contributed by atoms with van der Waals surface area (Å²) in [5, 5.41) is 2.79. The van der Waals surface area contributed by atoms with Crippen LogP contribution in [0.2, 0.25) is 0 Å². The molecule has 1 aliphatic heterocycles. The van der Waals surface area contributed by atoms with Gasteiger partial charge in [0.05, 0.1) is 0 Å². The quantitative estimate of drug-likeness (QED) is 0.563. The molecular weight excluding hydrogens is 341 g/mol. The Hall–Kier alpha value is -3.01. The highest BCUT2D eigenvalue weighted by molar-refractivity contribution is 5.98. The molecule has 1 aromatic rings. The van der Waals surface area contributed by atoms with E-state index in [0.29, 0.717) is 28.8 Å². The van der Waals surface area contributed by atoms with Crippen molar-refractivity contribution < 1.29 is 14.0 Å². The van der Waals surface area contributed by atoms with E-state index in [2.05, 4.69) is 11.9 Å². The summed E-state index contributed by atoms with van der Waals surface area (Å²) in [5.41, 5.74) is 3.74. The molecule has 1 aromatic carbocycles. The fourth-order valence-corrected chi connectivity index (χ4v) is 2.75. The molecule has 3 nitrogen and oxygen atoms in total. The lowest BCUT2D eigenvalue weighted by Crippen LogP contribution is -2.30. The van der Waals surface area contributed by atoms with Crippen molar-refractivity contribution in [1.29, 1.82) is 0 Å². The highest BCUT2D eigenvalue weighted by Gasteiger charge is 2.15. The van der Waals surface area contributed by atoms with Gasteiger partial charge in [0, 0.05) is 23.3 Å². The molecule has 0 bridgehead atoms. The number of Topliss-reactive ketones (excluding diaryl/α,β-unsaturated/α-hetero) is 1. The second-order valence-electron chi connectivity index (χ2n) is 6.43. The van der Waals surface area contributed by atoms with Gasteiger partial charge in [-0.2, -0.15) is 0 Å². The van der Waals surface area contributed by atoms with Gasteiger partial charge in [-0.15, -0.1) is 0 Å². The molecule has 0 unspecified atom stereocenters. The summed E-state index contributed by atoms with van der Waals surface area (Å²) in [6.45, 7) is 9.63. The second kappa shape index (κ2) is 9.08. The maximum atomic E-state index is 14.4. The Labute approximate surface area is 159 Å². The molecule has 0 saturated carbocycles. The van der Waals surface area contributed by atoms with E-state index in [1.807, 2.05) is 13.0 Å². The van der Waals surface area contributed by atoms with Crippen LogP contribution in [0.1, 0.15) is 43.1 Å². The first-order valence-electron chi connectivity index (χ1n) is 8.83. The monoisotopic (exact) mass is 365 g/mol. The Bertz CT molecular complexity index is 901. The number of amides is 1. The standard InChI is InChI=1S/C23H24FNO2/c1-5-22(24)20(9-10-21-15(2)11-12-25-23(21)27)13-16(3)18-7-6-8-19(14-18)17(4)26/h5-10,13-14H,3,11-12H2,1-2,4H3,(H,25,27)/b10-9+,20-13-,22-5+. The molecular formula is C23H24FNO2. The summed E-state index contributed by atoms with van der Waals surface area (Å²) in [7, 11) is 0. The molecule has 0 fully saturated rings. The fraction of sp³-hybridized carbons (Fsp3) is 0.217. The molecule has 4 heteroatoms. The molecule has 0 saturated heterocycles. The van der Waals surface area contributed by atoms with Crippen LogP contribution in [0.3, 0.4) is 0 Å². The lowest BCUT2D eigenvalue weighted by atomic mass is 9.98. The average Bonchev–Trinajstić information content (AvgIpc) is 2.65. The van der Waals surface area contributed by atoms with Crippen LogP contribution < -0.4 is 5.32 Å². The third-order valence-corrected chi connectivity index (χ3v) is 4.42. The van der Waals surface area contributed by atoms with E-state index in [0.717, 1.165) is 17.6 Å². The molecule has 0 aliphatic carbocycles. The topological polar surface area (TPSA) is 46.2 Å². The van der Waals surface area contributed by atoms with Crippen molar-refractivity contribution in [2.24, 2.45) is 0 Å². The maximum Gasteiger partial charge on any atom is 0.251 e. The van der Waals surface area contributed by atoms with Gasteiger partial charge in [0.1, 0.15) is 5.83 Å². The Morgan fingerprint density at radius 3 is 2.63 bits per heavy atom. The Balaban J connectivity index is 2.37. The number of ketones is 1. The highest BCUT2D eigenvalue weighted by atomic mass is 19.1. The average molecular weight is 365 g/mol. The SMILES string of the molecule is C=C(/C=C(/C=C/C1=C(C)CCNC1=O)C(\F)=C/C)c1cccc(C(C)=O)c1. The molecule has 0 radical (unpaired) electrons. The molecule has 1 amide bonds. The first-order valence-corrected chi connectivity index (χ1v) is 8.83. The van der Waals surface area contributed by atoms with Crippen molar-refractivity contribution >= 4 is 17.3 Å². The Morgan fingerprint density at radius 1 is 1.30 bits per heavy atom.